The lowest BCUT2D eigenvalue weighted by Crippen LogP contribution is -2.39. The van der Waals surface area contributed by atoms with Crippen LogP contribution in [0.2, 0.25) is 0 Å². The van der Waals surface area contributed by atoms with Crippen molar-refractivity contribution < 1.29 is 4.74 Å². The Labute approximate surface area is 129 Å². The average Bonchev–Trinajstić information content (AvgIpc) is 2.49. The third kappa shape index (κ3) is 3.40. The van der Waals surface area contributed by atoms with E-state index >= 15 is 0 Å². The van der Waals surface area contributed by atoms with Gasteiger partial charge in [-0.05, 0) is 13.0 Å². The second-order valence-corrected chi connectivity index (χ2v) is 4.97. The Kier molecular flexibility index (Phi) is 5.27. The molecule has 1 saturated heterocycles. The lowest BCUT2D eigenvalue weighted by atomic mass is 10.3. The van der Waals surface area contributed by atoms with Crippen molar-refractivity contribution in [3.05, 3.63) is 34.5 Å². The number of aromatic nitrogens is 3. The highest BCUT2D eigenvalue weighted by atomic mass is 35.5. The summed E-state index contributed by atoms with van der Waals surface area (Å²) in [5.74, 6) is 0. The Morgan fingerprint density at radius 2 is 2.05 bits per heavy atom. The van der Waals surface area contributed by atoms with E-state index in [1.54, 1.807) is 23.9 Å². The number of aryl methyl sites for hydroxylation is 1. The summed E-state index contributed by atoms with van der Waals surface area (Å²) in [6, 6.07) is 1.85. The van der Waals surface area contributed by atoms with E-state index in [0.717, 1.165) is 43.9 Å². The number of pyridine rings is 1. The highest BCUT2D eigenvalue weighted by Crippen LogP contribution is 2.08. The lowest BCUT2D eigenvalue weighted by Gasteiger charge is -2.26. The van der Waals surface area contributed by atoms with Gasteiger partial charge in [-0.2, -0.15) is 0 Å². The smallest absolute Gasteiger partial charge is 0.272 e. The summed E-state index contributed by atoms with van der Waals surface area (Å²) in [5, 5.41) is 0. The second kappa shape index (κ2) is 6.98. The number of hydrogen-bond acceptors (Lipinski definition) is 5. The molecule has 114 valence electrons. The van der Waals surface area contributed by atoms with Crippen molar-refractivity contribution in [1.82, 2.24) is 19.4 Å². The van der Waals surface area contributed by atoms with Crippen LogP contribution in [0.4, 0.5) is 0 Å². The van der Waals surface area contributed by atoms with E-state index in [2.05, 4.69) is 14.9 Å². The van der Waals surface area contributed by atoms with Gasteiger partial charge in [0.05, 0.1) is 24.9 Å². The SMILES string of the molecule is Cc1nc2cnccc2n(CCN2CCOCC2)c1=O.Cl. The number of fused-ring (bicyclic) bond motifs is 1. The first-order valence-electron chi connectivity index (χ1n) is 6.87. The van der Waals surface area contributed by atoms with Crippen LogP contribution in [-0.4, -0.2) is 52.3 Å². The van der Waals surface area contributed by atoms with E-state index in [1.807, 2.05) is 6.07 Å². The molecular formula is C14H19ClN4O2. The van der Waals surface area contributed by atoms with Crippen LogP contribution in [0.1, 0.15) is 5.69 Å². The number of halogens is 1. The molecule has 3 heterocycles. The Hall–Kier alpha value is -1.50. The van der Waals surface area contributed by atoms with Gasteiger partial charge in [-0.25, -0.2) is 4.98 Å². The van der Waals surface area contributed by atoms with Crippen molar-refractivity contribution in [2.75, 3.05) is 32.8 Å². The van der Waals surface area contributed by atoms with Gasteiger partial charge in [0, 0.05) is 32.4 Å². The second-order valence-electron chi connectivity index (χ2n) is 4.97. The molecule has 0 spiro atoms. The first kappa shape index (κ1) is 15.9. The summed E-state index contributed by atoms with van der Waals surface area (Å²) in [6.07, 6.45) is 3.40. The zero-order chi connectivity index (χ0) is 13.9. The fourth-order valence-electron chi connectivity index (χ4n) is 2.51. The van der Waals surface area contributed by atoms with Crippen LogP contribution in [0.15, 0.2) is 23.3 Å². The first-order valence-corrected chi connectivity index (χ1v) is 6.87. The number of nitrogens with zero attached hydrogens (tertiary/aromatic N) is 4. The van der Waals surface area contributed by atoms with Crippen LogP contribution in [0, 0.1) is 6.92 Å². The third-order valence-electron chi connectivity index (χ3n) is 3.65. The molecular weight excluding hydrogens is 292 g/mol. The highest BCUT2D eigenvalue weighted by molar-refractivity contribution is 5.85. The first-order chi connectivity index (χ1) is 9.75. The van der Waals surface area contributed by atoms with Crippen LogP contribution in [0.25, 0.3) is 11.0 Å². The molecule has 21 heavy (non-hydrogen) atoms. The summed E-state index contributed by atoms with van der Waals surface area (Å²) in [4.78, 5) is 23.0. The summed E-state index contributed by atoms with van der Waals surface area (Å²) >= 11 is 0. The van der Waals surface area contributed by atoms with Crippen LogP contribution < -0.4 is 5.56 Å². The Bertz CT molecular complexity index is 668. The molecule has 0 bridgehead atoms. The van der Waals surface area contributed by atoms with Gasteiger partial charge < -0.3 is 9.30 Å². The molecule has 1 aliphatic rings. The minimum Gasteiger partial charge on any atom is -0.379 e. The zero-order valence-corrected chi connectivity index (χ0v) is 12.8. The van der Waals surface area contributed by atoms with Gasteiger partial charge in [0.1, 0.15) is 11.2 Å². The molecule has 0 saturated carbocycles. The van der Waals surface area contributed by atoms with Crippen molar-refractivity contribution in [3.8, 4) is 0 Å². The highest BCUT2D eigenvalue weighted by Gasteiger charge is 2.12. The van der Waals surface area contributed by atoms with Gasteiger partial charge in [0.2, 0.25) is 0 Å². The third-order valence-corrected chi connectivity index (χ3v) is 3.65. The van der Waals surface area contributed by atoms with Crippen molar-refractivity contribution in [2.45, 2.75) is 13.5 Å². The van der Waals surface area contributed by atoms with Gasteiger partial charge in [0.15, 0.2) is 0 Å². The molecule has 0 atom stereocenters. The monoisotopic (exact) mass is 310 g/mol. The molecule has 6 nitrogen and oxygen atoms in total. The van der Waals surface area contributed by atoms with Gasteiger partial charge in [0.25, 0.3) is 5.56 Å². The van der Waals surface area contributed by atoms with Crippen molar-refractivity contribution in [3.63, 3.8) is 0 Å². The van der Waals surface area contributed by atoms with Crippen LogP contribution in [0.5, 0.6) is 0 Å². The molecule has 0 aliphatic carbocycles. The average molecular weight is 311 g/mol. The largest absolute Gasteiger partial charge is 0.379 e. The summed E-state index contributed by atoms with van der Waals surface area (Å²) in [5.41, 5.74) is 2.12. The fourth-order valence-corrected chi connectivity index (χ4v) is 2.51. The normalized spacial score (nSPS) is 15.9. The predicted molar refractivity (Wildman–Crippen MR) is 83.0 cm³/mol. The van der Waals surface area contributed by atoms with Crippen molar-refractivity contribution in [1.29, 1.82) is 0 Å². The van der Waals surface area contributed by atoms with E-state index in [9.17, 15) is 4.79 Å². The standard InChI is InChI=1S/C14H18N4O2.ClH/c1-11-14(19)18(5-4-17-6-8-20-9-7-17)13-2-3-15-10-12(13)16-11;/h2-3,10H,4-9H2,1H3;1H. The van der Waals surface area contributed by atoms with Crippen LogP contribution in [-0.2, 0) is 11.3 Å². The molecule has 0 unspecified atom stereocenters. The van der Waals surface area contributed by atoms with Crippen LogP contribution in [0.3, 0.4) is 0 Å². The number of ether oxygens (including phenoxy) is 1. The molecule has 0 aromatic carbocycles. The topological polar surface area (TPSA) is 60.3 Å². The van der Waals surface area contributed by atoms with Crippen LogP contribution >= 0.6 is 12.4 Å². The Morgan fingerprint density at radius 3 is 2.81 bits per heavy atom. The molecule has 1 fully saturated rings. The van der Waals surface area contributed by atoms with Gasteiger partial charge in [-0.3, -0.25) is 14.7 Å². The number of rotatable bonds is 3. The Balaban J connectivity index is 0.00000161. The summed E-state index contributed by atoms with van der Waals surface area (Å²) in [7, 11) is 0. The number of hydrogen-bond donors (Lipinski definition) is 0. The minimum absolute atomic E-state index is 0. The van der Waals surface area contributed by atoms with Gasteiger partial charge in [-0.1, -0.05) is 0 Å². The molecule has 0 amide bonds. The molecule has 2 aromatic rings. The van der Waals surface area contributed by atoms with E-state index < -0.39 is 0 Å². The van der Waals surface area contributed by atoms with Crippen molar-refractivity contribution in [2.24, 2.45) is 0 Å². The minimum atomic E-state index is -0.0167. The maximum absolute atomic E-state index is 12.3. The van der Waals surface area contributed by atoms with E-state index in [1.165, 1.54) is 0 Å². The number of morpholine rings is 1. The molecule has 0 N–H and O–H groups in total. The summed E-state index contributed by atoms with van der Waals surface area (Å²) in [6.45, 7) is 6.67. The Morgan fingerprint density at radius 1 is 1.29 bits per heavy atom. The van der Waals surface area contributed by atoms with Gasteiger partial charge in [-0.15, -0.1) is 12.4 Å². The lowest BCUT2D eigenvalue weighted by molar-refractivity contribution is 0.0364. The predicted octanol–water partition coefficient (Wildman–Crippen LogP) is 0.854. The molecule has 7 heteroatoms. The maximum Gasteiger partial charge on any atom is 0.272 e. The van der Waals surface area contributed by atoms with E-state index in [4.69, 9.17) is 4.74 Å². The zero-order valence-electron chi connectivity index (χ0n) is 12.0. The van der Waals surface area contributed by atoms with E-state index in [0.29, 0.717) is 12.2 Å². The fraction of sp³-hybridized carbons (Fsp3) is 0.500. The van der Waals surface area contributed by atoms with E-state index in [-0.39, 0.29) is 18.0 Å². The van der Waals surface area contributed by atoms with Crippen molar-refractivity contribution >= 4 is 23.4 Å². The maximum atomic E-state index is 12.3. The molecule has 1 aliphatic heterocycles. The molecule has 0 radical (unpaired) electrons. The van der Waals surface area contributed by atoms with Gasteiger partial charge >= 0.3 is 0 Å². The quantitative estimate of drug-likeness (QED) is 0.841. The molecule has 2 aromatic heterocycles. The molecule has 3 rings (SSSR count). The summed E-state index contributed by atoms with van der Waals surface area (Å²) < 4.78 is 7.14.